The maximum atomic E-state index is 6.63. The molecule has 2 fully saturated rings. The number of fused-ring (bicyclic) bond motifs is 1. The smallest absolute Gasteiger partial charge is 0.192 e. The predicted molar refractivity (Wildman–Crippen MR) is 128 cm³/mol. The van der Waals surface area contributed by atoms with Crippen molar-refractivity contribution in [2.45, 2.75) is 57.8 Å². The number of ether oxygens (including phenoxy) is 1. The molecule has 2 N–H and O–H groups in total. The zero-order chi connectivity index (χ0) is 21.5. The quantitative estimate of drug-likeness (QED) is 0.704. The van der Waals surface area contributed by atoms with Crippen molar-refractivity contribution in [3.8, 4) is 0 Å². The third kappa shape index (κ3) is 4.44. The second kappa shape index (κ2) is 8.25. The molecule has 0 saturated carbocycles. The molecule has 2 aromatic heterocycles. The Labute approximate surface area is 184 Å². The molecule has 0 bridgehead atoms. The molecule has 0 atom stereocenters. The molecule has 7 nitrogen and oxygen atoms in total. The van der Waals surface area contributed by atoms with Crippen molar-refractivity contribution in [3.05, 3.63) is 6.07 Å². The van der Waals surface area contributed by atoms with Crippen LogP contribution in [-0.4, -0.2) is 63.8 Å². The SMILES string of the molecule is CC(C)(C)[Si](C)(C)OC1CCN(c2nc3nc(N4CCOCC4)sc3cc2N)CC1. The van der Waals surface area contributed by atoms with Gasteiger partial charge in [0.15, 0.2) is 24.9 Å². The van der Waals surface area contributed by atoms with Crippen LogP contribution in [0.2, 0.25) is 18.1 Å². The van der Waals surface area contributed by atoms with E-state index >= 15 is 0 Å². The lowest BCUT2D eigenvalue weighted by Gasteiger charge is -2.42. The number of nitrogen functional groups attached to an aromatic ring is 1. The van der Waals surface area contributed by atoms with Crippen LogP contribution in [0.4, 0.5) is 16.6 Å². The molecule has 166 valence electrons. The van der Waals surface area contributed by atoms with Gasteiger partial charge >= 0.3 is 0 Å². The molecule has 0 amide bonds. The lowest BCUT2D eigenvalue weighted by Crippen LogP contribution is -2.47. The topological polar surface area (TPSA) is 76.7 Å². The first-order valence-electron chi connectivity index (χ1n) is 11.0. The fourth-order valence-electron chi connectivity index (χ4n) is 3.78. The summed E-state index contributed by atoms with van der Waals surface area (Å²) in [6, 6.07) is 2.04. The molecule has 2 aromatic rings. The van der Waals surface area contributed by atoms with Crippen LogP contribution in [0.25, 0.3) is 10.3 Å². The van der Waals surface area contributed by atoms with Crippen LogP contribution in [0.5, 0.6) is 0 Å². The average Bonchev–Trinajstić information content (AvgIpc) is 3.10. The first-order valence-corrected chi connectivity index (χ1v) is 14.7. The summed E-state index contributed by atoms with van der Waals surface area (Å²) in [7, 11) is -1.74. The fourth-order valence-corrected chi connectivity index (χ4v) is 6.21. The molecule has 0 aliphatic carbocycles. The summed E-state index contributed by atoms with van der Waals surface area (Å²) in [5, 5.41) is 1.25. The van der Waals surface area contributed by atoms with E-state index < -0.39 is 8.32 Å². The number of aromatic nitrogens is 2. The summed E-state index contributed by atoms with van der Waals surface area (Å²) < 4.78 is 13.1. The van der Waals surface area contributed by atoms with E-state index in [9.17, 15) is 0 Å². The van der Waals surface area contributed by atoms with E-state index in [2.05, 4.69) is 43.7 Å². The molecule has 2 aliphatic heterocycles. The number of morpholine rings is 1. The zero-order valence-corrected chi connectivity index (χ0v) is 20.7. The maximum absolute atomic E-state index is 6.63. The Balaban J connectivity index is 1.45. The number of nitrogens with two attached hydrogens (primary N) is 1. The Morgan fingerprint density at radius 2 is 1.77 bits per heavy atom. The van der Waals surface area contributed by atoms with E-state index in [0.29, 0.717) is 6.10 Å². The van der Waals surface area contributed by atoms with Crippen molar-refractivity contribution in [2.75, 3.05) is 54.9 Å². The molecule has 0 spiro atoms. The highest BCUT2D eigenvalue weighted by molar-refractivity contribution is 7.22. The Morgan fingerprint density at radius 1 is 1.10 bits per heavy atom. The molecule has 2 saturated heterocycles. The molecule has 2 aliphatic rings. The third-order valence-electron chi connectivity index (χ3n) is 6.67. The van der Waals surface area contributed by atoms with Crippen molar-refractivity contribution < 1.29 is 9.16 Å². The number of hydrogen-bond acceptors (Lipinski definition) is 8. The molecule has 4 rings (SSSR count). The Kier molecular flexibility index (Phi) is 6.00. The molecule has 0 radical (unpaired) electrons. The van der Waals surface area contributed by atoms with Crippen LogP contribution in [0.15, 0.2) is 6.07 Å². The minimum Gasteiger partial charge on any atom is -0.414 e. The van der Waals surface area contributed by atoms with Crippen molar-refractivity contribution in [1.82, 2.24) is 9.97 Å². The number of rotatable bonds is 4. The number of pyridine rings is 1. The summed E-state index contributed by atoms with van der Waals surface area (Å²) >= 11 is 1.67. The molecule has 4 heterocycles. The largest absolute Gasteiger partial charge is 0.414 e. The van der Waals surface area contributed by atoms with E-state index in [1.165, 1.54) is 0 Å². The van der Waals surface area contributed by atoms with E-state index in [-0.39, 0.29) is 5.04 Å². The highest BCUT2D eigenvalue weighted by atomic mass is 32.1. The van der Waals surface area contributed by atoms with E-state index in [1.54, 1.807) is 11.3 Å². The second-order valence-electron chi connectivity index (χ2n) is 9.88. The Morgan fingerprint density at radius 3 is 2.40 bits per heavy atom. The van der Waals surface area contributed by atoms with Crippen LogP contribution in [0, 0.1) is 0 Å². The molecule has 0 unspecified atom stereocenters. The first kappa shape index (κ1) is 21.8. The zero-order valence-electron chi connectivity index (χ0n) is 18.9. The normalized spacial score (nSPS) is 19.6. The lowest BCUT2D eigenvalue weighted by atomic mass is 10.1. The summed E-state index contributed by atoms with van der Waals surface area (Å²) in [5.74, 6) is 0.868. The average molecular weight is 450 g/mol. The Bertz CT molecular complexity index is 883. The third-order valence-corrected chi connectivity index (χ3v) is 12.3. The van der Waals surface area contributed by atoms with E-state index in [0.717, 1.165) is 79.2 Å². The first-order chi connectivity index (χ1) is 14.1. The highest BCUT2D eigenvalue weighted by Crippen LogP contribution is 2.39. The van der Waals surface area contributed by atoms with Gasteiger partial charge in [0.1, 0.15) is 0 Å². The van der Waals surface area contributed by atoms with Gasteiger partial charge in [0.25, 0.3) is 0 Å². The summed E-state index contributed by atoms with van der Waals surface area (Å²) in [6.07, 6.45) is 2.36. The van der Waals surface area contributed by atoms with Gasteiger partial charge in [0, 0.05) is 32.3 Å². The molecule has 30 heavy (non-hydrogen) atoms. The van der Waals surface area contributed by atoms with Gasteiger partial charge in [-0.2, -0.15) is 4.98 Å². The van der Waals surface area contributed by atoms with Crippen LogP contribution in [0.1, 0.15) is 33.6 Å². The highest BCUT2D eigenvalue weighted by Gasteiger charge is 2.39. The number of nitrogens with zero attached hydrogens (tertiary/aromatic N) is 4. The second-order valence-corrected chi connectivity index (χ2v) is 15.6. The number of piperidine rings is 1. The molecular weight excluding hydrogens is 414 g/mol. The van der Waals surface area contributed by atoms with Crippen molar-refractivity contribution in [2.24, 2.45) is 0 Å². The van der Waals surface area contributed by atoms with Crippen molar-refractivity contribution in [1.29, 1.82) is 0 Å². The summed E-state index contributed by atoms with van der Waals surface area (Å²) in [4.78, 5) is 14.2. The molecule has 0 aromatic carbocycles. The lowest BCUT2D eigenvalue weighted by molar-refractivity contribution is 0.122. The minimum absolute atomic E-state index is 0.240. The van der Waals surface area contributed by atoms with Gasteiger partial charge in [0.2, 0.25) is 0 Å². The number of hydrogen-bond donors (Lipinski definition) is 1. The van der Waals surface area contributed by atoms with E-state index in [4.69, 9.17) is 24.9 Å². The van der Waals surface area contributed by atoms with Gasteiger partial charge in [-0.15, -0.1) is 0 Å². The molecular formula is C21H35N5O2SSi. The number of thiazole rings is 1. The fraction of sp³-hybridized carbons (Fsp3) is 0.714. The van der Waals surface area contributed by atoms with Gasteiger partial charge in [-0.05, 0) is 37.0 Å². The van der Waals surface area contributed by atoms with Gasteiger partial charge in [0.05, 0.1) is 23.6 Å². The number of anilines is 3. The van der Waals surface area contributed by atoms with Crippen LogP contribution in [0.3, 0.4) is 0 Å². The van der Waals surface area contributed by atoms with Gasteiger partial charge in [-0.1, -0.05) is 32.1 Å². The Hall–Kier alpha value is -1.42. The maximum Gasteiger partial charge on any atom is 0.192 e. The minimum atomic E-state index is -1.74. The predicted octanol–water partition coefficient (Wildman–Crippen LogP) is 4.10. The van der Waals surface area contributed by atoms with Gasteiger partial charge in [-0.3, -0.25) is 0 Å². The van der Waals surface area contributed by atoms with Crippen LogP contribution in [-0.2, 0) is 9.16 Å². The van der Waals surface area contributed by atoms with Crippen LogP contribution < -0.4 is 15.5 Å². The molecule has 9 heteroatoms. The summed E-state index contributed by atoms with van der Waals surface area (Å²) in [6.45, 7) is 16.7. The van der Waals surface area contributed by atoms with Gasteiger partial charge in [-0.25, -0.2) is 4.98 Å². The summed E-state index contributed by atoms with van der Waals surface area (Å²) in [5.41, 5.74) is 7.95. The van der Waals surface area contributed by atoms with Gasteiger partial charge < -0.3 is 24.7 Å². The monoisotopic (exact) mass is 449 g/mol. The van der Waals surface area contributed by atoms with Crippen molar-refractivity contribution in [3.63, 3.8) is 0 Å². The van der Waals surface area contributed by atoms with Crippen molar-refractivity contribution >= 4 is 46.6 Å². The standard InChI is InChI=1S/C21H35N5O2SSi/c1-21(2,3)30(4,5)28-15-6-8-25(9-7-15)19-16(22)14-17-18(23-19)24-20(29-17)26-10-12-27-13-11-26/h14-15H,6-13,22H2,1-5H3. The van der Waals surface area contributed by atoms with E-state index in [1.807, 2.05) is 6.07 Å². The van der Waals surface area contributed by atoms with Crippen LogP contribution >= 0.6 is 11.3 Å².